The number of benzene rings is 4. The molecule has 0 heterocycles. The predicted octanol–water partition coefficient (Wildman–Crippen LogP) is 10.6. The maximum atomic E-state index is 14.7. The predicted molar refractivity (Wildman–Crippen MR) is 188 cm³/mol. The maximum absolute atomic E-state index is 14.7. The zero-order valence-electron chi connectivity index (χ0n) is 28.5. The van der Waals surface area contributed by atoms with Crippen molar-refractivity contribution in [2.24, 2.45) is 0 Å². The van der Waals surface area contributed by atoms with Crippen LogP contribution < -0.4 is 9.64 Å². The third-order valence-corrected chi connectivity index (χ3v) is 8.21. The van der Waals surface area contributed by atoms with Gasteiger partial charge >= 0.3 is 12.0 Å². The summed E-state index contributed by atoms with van der Waals surface area (Å²) in [6, 6.07) is 18.9. The molecule has 0 atom stereocenters. The van der Waals surface area contributed by atoms with Gasteiger partial charge in [0, 0.05) is 24.6 Å². The molecule has 0 fully saturated rings. The van der Waals surface area contributed by atoms with Crippen LogP contribution >= 0.6 is 0 Å². The molecule has 0 aliphatic carbocycles. The highest BCUT2D eigenvalue weighted by molar-refractivity contribution is 5.94. The molecule has 0 amide bonds. The Morgan fingerprint density at radius 3 is 2.06 bits per heavy atom. The summed E-state index contributed by atoms with van der Waals surface area (Å²) in [4.78, 5) is 12.1. The molecule has 48 heavy (non-hydrogen) atoms. The summed E-state index contributed by atoms with van der Waals surface area (Å²) in [7, 11) is 1.56. The van der Waals surface area contributed by atoms with Gasteiger partial charge in [0.05, 0.1) is 18.4 Å². The van der Waals surface area contributed by atoms with Crippen molar-refractivity contribution in [3.05, 3.63) is 141 Å². The number of carbonyl (C=O) groups is 1. The molecule has 4 aromatic carbocycles. The number of halogens is 4. The second-order valence-corrected chi connectivity index (χ2v) is 11.7. The minimum absolute atomic E-state index is 0.00719. The first-order chi connectivity index (χ1) is 22.6. The second-order valence-electron chi connectivity index (χ2n) is 11.7. The molecule has 0 bridgehead atoms. The lowest BCUT2D eigenvalue weighted by molar-refractivity contribution is 0.0520. The Morgan fingerprint density at radius 2 is 1.44 bits per heavy atom. The highest BCUT2D eigenvalue weighted by Crippen LogP contribution is 2.32. The molecule has 8 heteroatoms. The number of allylic oxidation sites excluding steroid dienone is 1. The lowest BCUT2D eigenvalue weighted by Gasteiger charge is -2.31. The number of carboxylic acid groups (broad SMARTS) is 1. The molecular formula is C40H43F4NO3. The van der Waals surface area contributed by atoms with Gasteiger partial charge in [0.1, 0.15) is 5.75 Å². The van der Waals surface area contributed by atoms with Crippen molar-refractivity contribution in [3.63, 3.8) is 0 Å². The topological polar surface area (TPSA) is 49.8 Å². The van der Waals surface area contributed by atoms with Gasteiger partial charge in [-0.25, -0.2) is 13.6 Å². The largest absolute Gasteiger partial charge is 0.496 e. The molecule has 0 radical (unpaired) electrons. The van der Waals surface area contributed by atoms with E-state index in [1.807, 2.05) is 71.0 Å². The molecule has 0 aromatic heterocycles. The van der Waals surface area contributed by atoms with Gasteiger partial charge in [0.2, 0.25) is 0 Å². The van der Waals surface area contributed by atoms with Crippen molar-refractivity contribution in [2.45, 2.75) is 59.9 Å². The minimum Gasteiger partial charge on any atom is -0.496 e. The number of nitrogens with zero attached hydrogens (tertiary/aromatic N) is 1. The summed E-state index contributed by atoms with van der Waals surface area (Å²) in [6.07, 6.45) is 4.27. The lowest BCUT2D eigenvalue weighted by atomic mass is 10.00. The standard InChI is InChI=1S/C20H21F2NO2.C20H22F2O/c1-4-23(18-8-6-5-7-17(18)19(24)25)20(21,22)12-11-16-10-9-14(2)15(3)13-16;1-14-9-10-17(19(23-4)16(14)3)11-12-20(21,22)13-18-8-6-5-7-15(18)2/h5-13H,4H2,1-3H3,(H,24,25);5-12H,13H2,1-4H3/b2*12-11+. The van der Waals surface area contributed by atoms with E-state index < -0.39 is 17.9 Å². The molecule has 0 aliphatic heterocycles. The van der Waals surface area contributed by atoms with E-state index >= 15 is 0 Å². The Balaban J connectivity index is 0.000000261. The van der Waals surface area contributed by atoms with Crippen LogP contribution in [0.1, 0.15) is 61.8 Å². The van der Waals surface area contributed by atoms with Crippen LogP contribution in [0.25, 0.3) is 12.2 Å². The van der Waals surface area contributed by atoms with E-state index in [0.717, 1.165) is 44.9 Å². The van der Waals surface area contributed by atoms with Crippen LogP contribution in [0.2, 0.25) is 0 Å². The first-order valence-electron chi connectivity index (χ1n) is 15.6. The second kappa shape index (κ2) is 16.3. The third kappa shape index (κ3) is 9.83. The third-order valence-electron chi connectivity index (χ3n) is 8.21. The fraction of sp³-hybridized carbons (Fsp3) is 0.275. The number of anilines is 1. The number of hydrogen-bond acceptors (Lipinski definition) is 3. The van der Waals surface area contributed by atoms with Gasteiger partial charge in [-0.15, -0.1) is 0 Å². The van der Waals surface area contributed by atoms with Crippen LogP contribution in [0.5, 0.6) is 5.75 Å². The molecule has 4 rings (SSSR count). The van der Waals surface area contributed by atoms with Gasteiger partial charge in [0.25, 0.3) is 5.92 Å². The first kappa shape index (κ1) is 37.6. The fourth-order valence-electron chi connectivity index (χ4n) is 5.13. The van der Waals surface area contributed by atoms with E-state index in [1.165, 1.54) is 30.4 Å². The number of aryl methyl sites for hydroxylation is 4. The van der Waals surface area contributed by atoms with Gasteiger partial charge in [-0.3, -0.25) is 0 Å². The van der Waals surface area contributed by atoms with Crippen molar-refractivity contribution >= 4 is 23.8 Å². The normalized spacial score (nSPS) is 11.8. The number of alkyl halides is 4. The van der Waals surface area contributed by atoms with Gasteiger partial charge in [0.15, 0.2) is 0 Å². The Morgan fingerprint density at radius 1 is 0.792 bits per heavy atom. The van der Waals surface area contributed by atoms with Gasteiger partial charge in [-0.2, -0.15) is 8.78 Å². The number of ether oxygens (including phenoxy) is 1. The Labute approximate surface area is 281 Å². The summed E-state index contributed by atoms with van der Waals surface area (Å²) in [5, 5.41) is 9.25. The smallest absolute Gasteiger partial charge is 0.346 e. The highest BCUT2D eigenvalue weighted by Gasteiger charge is 2.35. The molecule has 0 unspecified atom stereocenters. The molecule has 0 aliphatic rings. The van der Waals surface area contributed by atoms with Crippen LogP contribution in [0.3, 0.4) is 0 Å². The van der Waals surface area contributed by atoms with E-state index in [-0.39, 0.29) is 24.2 Å². The van der Waals surface area contributed by atoms with Gasteiger partial charge in [-0.1, -0.05) is 72.8 Å². The van der Waals surface area contributed by atoms with Crippen molar-refractivity contribution in [1.29, 1.82) is 0 Å². The van der Waals surface area contributed by atoms with E-state index in [2.05, 4.69) is 0 Å². The first-order valence-corrected chi connectivity index (χ1v) is 15.6. The average Bonchev–Trinajstić information content (AvgIpc) is 3.04. The minimum atomic E-state index is -3.32. The van der Waals surface area contributed by atoms with Crippen LogP contribution in [0, 0.1) is 34.6 Å². The lowest BCUT2D eigenvalue weighted by Crippen LogP contribution is -2.40. The molecule has 254 valence electrons. The number of aromatic carboxylic acids is 1. The highest BCUT2D eigenvalue weighted by atomic mass is 19.3. The summed E-state index contributed by atoms with van der Waals surface area (Å²) < 4.78 is 63.3. The van der Waals surface area contributed by atoms with Gasteiger partial charge in [-0.05, 0) is 105 Å². The van der Waals surface area contributed by atoms with E-state index in [9.17, 15) is 27.5 Å². The zero-order valence-corrected chi connectivity index (χ0v) is 28.5. The molecule has 4 aromatic rings. The van der Waals surface area contributed by atoms with E-state index in [0.29, 0.717) is 22.4 Å². The van der Waals surface area contributed by atoms with Crippen molar-refractivity contribution in [3.8, 4) is 5.75 Å². The number of hydrogen-bond donors (Lipinski definition) is 1. The van der Waals surface area contributed by atoms with Crippen LogP contribution in [-0.4, -0.2) is 36.7 Å². The average molecular weight is 662 g/mol. The fourth-order valence-corrected chi connectivity index (χ4v) is 5.13. The van der Waals surface area contributed by atoms with Crippen LogP contribution in [-0.2, 0) is 6.42 Å². The Kier molecular flexibility index (Phi) is 12.8. The number of methoxy groups -OCH3 is 1. The van der Waals surface area contributed by atoms with E-state index in [4.69, 9.17) is 4.74 Å². The Hall–Kier alpha value is -4.85. The molecule has 0 saturated heterocycles. The van der Waals surface area contributed by atoms with Gasteiger partial charge < -0.3 is 14.7 Å². The van der Waals surface area contributed by atoms with Crippen molar-refractivity contribution < 1.29 is 32.2 Å². The zero-order chi connectivity index (χ0) is 35.6. The van der Waals surface area contributed by atoms with Crippen molar-refractivity contribution in [1.82, 2.24) is 0 Å². The summed E-state index contributed by atoms with van der Waals surface area (Å²) in [5.74, 6) is -3.49. The molecule has 0 saturated carbocycles. The molecule has 1 N–H and O–H groups in total. The van der Waals surface area contributed by atoms with Crippen LogP contribution in [0.15, 0.2) is 91.0 Å². The number of para-hydroxylation sites is 1. The quantitative estimate of drug-likeness (QED) is 0.128. The summed E-state index contributed by atoms with van der Waals surface area (Å²) in [5.41, 5.74) is 6.88. The molecule has 4 nitrogen and oxygen atoms in total. The summed E-state index contributed by atoms with van der Waals surface area (Å²) >= 11 is 0. The maximum Gasteiger partial charge on any atom is 0.346 e. The SMILES string of the molecule is CCN(c1ccccc1C(=O)O)C(F)(F)/C=C/c1ccc(C)c(C)c1.COc1c(/C=C/C(F)(F)Cc2ccccc2C)ccc(C)c1C. The van der Waals surface area contributed by atoms with E-state index in [1.54, 1.807) is 38.3 Å². The Bertz CT molecular complexity index is 1780. The molecule has 0 spiro atoms. The number of carboxylic acids is 1. The monoisotopic (exact) mass is 661 g/mol. The summed E-state index contributed by atoms with van der Waals surface area (Å²) in [6.45, 7) is 11.2. The molecular weight excluding hydrogens is 618 g/mol. The number of likely N-dealkylation sites (N-methyl/N-ethyl adjacent to an activating group) is 1. The van der Waals surface area contributed by atoms with Crippen molar-refractivity contribution in [2.75, 3.05) is 18.6 Å². The van der Waals surface area contributed by atoms with Crippen LogP contribution in [0.4, 0.5) is 23.2 Å². The number of rotatable bonds is 11.